The maximum absolute atomic E-state index is 5.88. The lowest BCUT2D eigenvalue weighted by Crippen LogP contribution is -2.29. The smallest absolute Gasteiger partial charge is 0.174 e. The number of hydrogen-bond acceptors (Lipinski definition) is 3. The van der Waals surface area contributed by atoms with E-state index in [0.29, 0.717) is 5.11 Å². The van der Waals surface area contributed by atoms with E-state index < -0.39 is 0 Å². The summed E-state index contributed by atoms with van der Waals surface area (Å²) in [6.07, 6.45) is 3.75. The van der Waals surface area contributed by atoms with E-state index in [0.717, 1.165) is 34.2 Å². The predicted octanol–water partition coefficient (Wildman–Crippen LogP) is 5.68. The van der Waals surface area contributed by atoms with E-state index >= 15 is 0 Å². The van der Waals surface area contributed by atoms with Crippen molar-refractivity contribution in [2.75, 3.05) is 4.90 Å². The van der Waals surface area contributed by atoms with E-state index in [1.54, 1.807) is 0 Å². The van der Waals surface area contributed by atoms with Gasteiger partial charge in [-0.05, 0) is 93.0 Å². The largest absolute Gasteiger partial charge is 0.351 e. The van der Waals surface area contributed by atoms with Gasteiger partial charge in [0, 0.05) is 29.5 Å². The number of anilines is 1. The molecule has 1 aromatic carbocycles. The van der Waals surface area contributed by atoms with Gasteiger partial charge >= 0.3 is 0 Å². The van der Waals surface area contributed by atoms with Crippen LogP contribution in [-0.4, -0.2) is 19.6 Å². The van der Waals surface area contributed by atoms with Crippen molar-refractivity contribution in [3.63, 3.8) is 0 Å². The Kier molecular flexibility index (Phi) is 5.46. The van der Waals surface area contributed by atoms with Crippen molar-refractivity contribution in [2.45, 2.75) is 39.8 Å². The second-order valence-electron chi connectivity index (χ2n) is 8.69. The number of nitrogens with one attached hydrogen (secondary N) is 1. The van der Waals surface area contributed by atoms with Gasteiger partial charge in [0.15, 0.2) is 5.11 Å². The Morgan fingerprint density at radius 1 is 0.879 bits per heavy atom. The Labute approximate surface area is 200 Å². The second-order valence-corrected chi connectivity index (χ2v) is 9.08. The molecule has 4 aromatic rings. The molecule has 0 amide bonds. The Morgan fingerprint density at radius 3 is 2.42 bits per heavy atom. The van der Waals surface area contributed by atoms with Gasteiger partial charge in [0.2, 0.25) is 0 Å². The van der Waals surface area contributed by atoms with Crippen molar-refractivity contribution in [3.05, 3.63) is 107 Å². The normalized spacial score (nSPS) is 17.9. The standard InChI is InChI=1S/C27H27N5S/c1-17-8-7-9-21(14-17)32-26(25(30-27(32)33)23-10-5-6-13-28-23)22-15-19(3)31(20(22)4)24-12-11-18(2)16-29-24/h5-16,25-26H,1-4H3,(H,30,33)/t25-,26-/m0/s1. The van der Waals surface area contributed by atoms with Crippen LogP contribution in [0.2, 0.25) is 0 Å². The van der Waals surface area contributed by atoms with Crippen molar-refractivity contribution < 1.29 is 0 Å². The molecule has 1 aliphatic rings. The van der Waals surface area contributed by atoms with E-state index in [2.05, 4.69) is 101 Å². The third kappa shape index (κ3) is 3.80. The zero-order chi connectivity index (χ0) is 23.1. The number of rotatable bonds is 4. The lowest BCUT2D eigenvalue weighted by atomic mass is 9.96. The maximum Gasteiger partial charge on any atom is 0.174 e. The van der Waals surface area contributed by atoms with Gasteiger partial charge in [-0.3, -0.25) is 4.98 Å². The molecular formula is C27H27N5S. The number of hydrogen-bond donors (Lipinski definition) is 1. The first-order valence-electron chi connectivity index (χ1n) is 11.1. The van der Waals surface area contributed by atoms with Crippen LogP contribution in [0.15, 0.2) is 73.1 Å². The molecule has 4 heterocycles. The van der Waals surface area contributed by atoms with Crippen LogP contribution in [0.1, 0.15) is 45.9 Å². The van der Waals surface area contributed by atoms with E-state index in [9.17, 15) is 0 Å². The average Bonchev–Trinajstić information content (AvgIpc) is 3.30. The molecule has 0 spiro atoms. The SMILES string of the molecule is Cc1ccc(-n2c(C)cc([C@H]3[C@H](c4ccccn4)NC(=S)N3c3cccc(C)c3)c2C)nc1. The minimum Gasteiger partial charge on any atom is -0.351 e. The molecule has 5 nitrogen and oxygen atoms in total. The summed E-state index contributed by atoms with van der Waals surface area (Å²) in [6.45, 7) is 8.46. The van der Waals surface area contributed by atoms with Gasteiger partial charge in [-0.15, -0.1) is 0 Å². The fraction of sp³-hybridized carbons (Fsp3) is 0.222. The highest BCUT2D eigenvalue weighted by molar-refractivity contribution is 7.80. The topological polar surface area (TPSA) is 46.0 Å². The van der Waals surface area contributed by atoms with Crippen molar-refractivity contribution in [1.29, 1.82) is 0 Å². The van der Waals surface area contributed by atoms with Crippen molar-refractivity contribution >= 4 is 23.0 Å². The molecule has 0 radical (unpaired) electrons. The minimum atomic E-state index is -0.0702. The highest BCUT2D eigenvalue weighted by atomic mass is 32.1. The third-order valence-corrected chi connectivity index (χ3v) is 6.61. The molecule has 2 atom stereocenters. The summed E-state index contributed by atoms with van der Waals surface area (Å²) in [4.78, 5) is 11.6. The fourth-order valence-corrected chi connectivity index (χ4v) is 5.10. The van der Waals surface area contributed by atoms with Crippen LogP contribution in [0, 0.1) is 27.7 Å². The molecule has 0 bridgehead atoms. The lowest BCUT2D eigenvalue weighted by molar-refractivity contribution is 0.565. The van der Waals surface area contributed by atoms with Crippen LogP contribution in [0.4, 0.5) is 5.69 Å². The average molecular weight is 454 g/mol. The molecule has 6 heteroatoms. The van der Waals surface area contributed by atoms with Crippen molar-refractivity contribution in [3.8, 4) is 5.82 Å². The van der Waals surface area contributed by atoms with E-state index in [1.165, 1.54) is 11.1 Å². The Hall–Kier alpha value is -3.51. The molecule has 0 saturated carbocycles. The summed E-state index contributed by atoms with van der Waals surface area (Å²) < 4.78 is 2.22. The lowest BCUT2D eigenvalue weighted by Gasteiger charge is -2.28. The summed E-state index contributed by atoms with van der Waals surface area (Å²) in [6, 6.07) is 20.8. The number of aryl methyl sites for hydroxylation is 3. The van der Waals surface area contributed by atoms with Crippen LogP contribution < -0.4 is 10.2 Å². The quantitative estimate of drug-likeness (QED) is 0.403. The summed E-state index contributed by atoms with van der Waals surface area (Å²) in [5, 5.41) is 4.27. The monoisotopic (exact) mass is 453 g/mol. The van der Waals surface area contributed by atoms with Crippen LogP contribution in [-0.2, 0) is 0 Å². The number of pyridine rings is 2. The zero-order valence-corrected chi connectivity index (χ0v) is 20.1. The highest BCUT2D eigenvalue weighted by Crippen LogP contribution is 2.43. The van der Waals surface area contributed by atoms with Crippen LogP contribution in [0.25, 0.3) is 5.82 Å². The Balaban J connectivity index is 1.68. The molecule has 1 fully saturated rings. The molecule has 1 saturated heterocycles. The van der Waals surface area contributed by atoms with Crippen molar-refractivity contribution in [1.82, 2.24) is 19.9 Å². The minimum absolute atomic E-state index is 0.0420. The van der Waals surface area contributed by atoms with Crippen LogP contribution in [0.5, 0.6) is 0 Å². The van der Waals surface area contributed by atoms with Gasteiger partial charge in [-0.25, -0.2) is 4.98 Å². The highest BCUT2D eigenvalue weighted by Gasteiger charge is 2.42. The number of benzene rings is 1. The van der Waals surface area contributed by atoms with Crippen LogP contribution >= 0.6 is 12.2 Å². The summed E-state index contributed by atoms with van der Waals surface area (Å²) in [5.74, 6) is 0.923. The van der Waals surface area contributed by atoms with Gasteiger partial charge in [0.05, 0.1) is 17.8 Å². The van der Waals surface area contributed by atoms with Crippen LogP contribution in [0.3, 0.4) is 0 Å². The van der Waals surface area contributed by atoms with Gasteiger partial charge in [0.1, 0.15) is 5.82 Å². The molecular weight excluding hydrogens is 426 g/mol. The van der Waals surface area contributed by atoms with Gasteiger partial charge < -0.3 is 14.8 Å². The summed E-state index contributed by atoms with van der Waals surface area (Å²) in [7, 11) is 0. The zero-order valence-electron chi connectivity index (χ0n) is 19.3. The van der Waals surface area contributed by atoms with E-state index in [-0.39, 0.29) is 12.1 Å². The fourth-order valence-electron chi connectivity index (χ4n) is 4.76. The molecule has 0 aliphatic carbocycles. The first-order chi connectivity index (χ1) is 15.9. The molecule has 33 heavy (non-hydrogen) atoms. The van der Waals surface area contributed by atoms with E-state index in [1.807, 2.05) is 24.5 Å². The first kappa shape index (κ1) is 21.3. The molecule has 3 aromatic heterocycles. The maximum atomic E-state index is 5.88. The molecule has 1 aliphatic heterocycles. The Morgan fingerprint density at radius 2 is 1.73 bits per heavy atom. The third-order valence-electron chi connectivity index (χ3n) is 6.29. The molecule has 1 N–H and O–H groups in total. The summed E-state index contributed by atoms with van der Waals surface area (Å²) >= 11 is 5.88. The van der Waals surface area contributed by atoms with Gasteiger partial charge in [-0.2, -0.15) is 0 Å². The van der Waals surface area contributed by atoms with Gasteiger partial charge in [-0.1, -0.05) is 24.3 Å². The first-order valence-corrected chi connectivity index (χ1v) is 11.5. The van der Waals surface area contributed by atoms with Gasteiger partial charge in [0.25, 0.3) is 0 Å². The number of thiocarbonyl (C=S) groups is 1. The summed E-state index contributed by atoms with van der Waals surface area (Å²) in [5.41, 5.74) is 7.89. The number of nitrogens with zero attached hydrogens (tertiary/aromatic N) is 4. The van der Waals surface area contributed by atoms with E-state index in [4.69, 9.17) is 12.2 Å². The van der Waals surface area contributed by atoms with Crippen molar-refractivity contribution in [2.24, 2.45) is 0 Å². The molecule has 5 rings (SSSR count). The molecule has 166 valence electrons. The predicted molar refractivity (Wildman–Crippen MR) is 137 cm³/mol. The Bertz CT molecular complexity index is 1310. The molecule has 0 unspecified atom stereocenters. The number of aromatic nitrogens is 3. The second kappa shape index (κ2) is 8.45.